The lowest BCUT2D eigenvalue weighted by Crippen LogP contribution is -1.87. The van der Waals surface area contributed by atoms with E-state index in [9.17, 15) is 20.4 Å². The van der Waals surface area contributed by atoms with Gasteiger partial charge in [-0.2, -0.15) is 0 Å². The molecule has 0 amide bonds. The molecule has 0 atom stereocenters. The van der Waals surface area contributed by atoms with Crippen LogP contribution in [0.15, 0.2) is 61.2 Å². The number of hydrogen-bond acceptors (Lipinski definition) is 6. The second-order valence-corrected chi connectivity index (χ2v) is 6.15. The van der Waals surface area contributed by atoms with Crippen LogP contribution in [0.5, 0.6) is 23.0 Å². The van der Waals surface area contributed by atoms with Crippen molar-refractivity contribution in [3.8, 4) is 23.0 Å². The quantitative estimate of drug-likeness (QED) is 0.385. The Balaban J connectivity index is 1.82. The molecule has 2 aromatic heterocycles. The van der Waals surface area contributed by atoms with E-state index in [4.69, 9.17) is 0 Å². The molecule has 0 aliphatic rings. The van der Waals surface area contributed by atoms with Crippen molar-refractivity contribution < 1.29 is 20.4 Å². The Labute approximate surface area is 162 Å². The van der Waals surface area contributed by atoms with Gasteiger partial charge in [0.25, 0.3) is 0 Å². The van der Waals surface area contributed by atoms with E-state index in [1.54, 1.807) is 36.9 Å². The molecule has 1 aromatic carbocycles. The largest absolute Gasteiger partial charge is 0.504 e. The third kappa shape index (κ3) is 4.29. The van der Waals surface area contributed by atoms with Crippen LogP contribution in [0.3, 0.4) is 0 Å². The molecule has 0 aliphatic heterocycles. The number of allylic oxidation sites excluding steroid dienone is 2. The Hall–Kier alpha value is -3.80. The van der Waals surface area contributed by atoms with E-state index in [0.29, 0.717) is 12.8 Å². The molecule has 0 fully saturated rings. The minimum absolute atomic E-state index is 0.0460. The van der Waals surface area contributed by atoms with Crippen LogP contribution >= 0.6 is 0 Å². The van der Waals surface area contributed by atoms with E-state index in [2.05, 4.69) is 9.97 Å². The molecule has 6 heteroatoms. The average molecular weight is 376 g/mol. The first kappa shape index (κ1) is 19.0. The van der Waals surface area contributed by atoms with E-state index < -0.39 is 23.0 Å². The minimum atomic E-state index is -0.496. The summed E-state index contributed by atoms with van der Waals surface area (Å²) in [5.74, 6) is -1.98. The molecule has 3 rings (SSSR count). The smallest absolute Gasteiger partial charge is 0.169 e. The fraction of sp³-hybridized carbons (Fsp3) is 0.0909. The summed E-state index contributed by atoms with van der Waals surface area (Å²) in [6.45, 7) is 0. The van der Waals surface area contributed by atoms with Gasteiger partial charge in [0, 0.05) is 24.8 Å². The van der Waals surface area contributed by atoms with E-state index in [1.807, 2.05) is 24.3 Å². The third-order valence-corrected chi connectivity index (χ3v) is 4.24. The molecule has 4 N–H and O–H groups in total. The minimum Gasteiger partial charge on any atom is -0.504 e. The number of aromatic nitrogens is 2. The Bertz CT molecular complexity index is 889. The molecule has 0 saturated carbocycles. The summed E-state index contributed by atoms with van der Waals surface area (Å²) in [6.07, 6.45) is 14.1. The topological polar surface area (TPSA) is 107 Å². The number of hydrogen-bond donors (Lipinski definition) is 4. The van der Waals surface area contributed by atoms with Crippen LogP contribution in [0.2, 0.25) is 0 Å². The van der Waals surface area contributed by atoms with E-state index in [-0.39, 0.29) is 11.1 Å². The molecule has 28 heavy (non-hydrogen) atoms. The number of phenolic OH excluding ortho intramolecular Hbond substituents is 4. The highest BCUT2D eigenvalue weighted by Gasteiger charge is 2.20. The number of phenols is 4. The first-order valence-corrected chi connectivity index (χ1v) is 8.68. The third-order valence-electron chi connectivity index (χ3n) is 4.24. The Morgan fingerprint density at radius 1 is 0.571 bits per heavy atom. The number of aromatic hydroxyl groups is 4. The van der Waals surface area contributed by atoms with Gasteiger partial charge in [-0.25, -0.2) is 0 Å². The fourth-order valence-corrected chi connectivity index (χ4v) is 2.71. The predicted octanol–water partition coefficient (Wildman–Crippen LogP) is 3.81. The molecule has 142 valence electrons. The molecular weight excluding hydrogens is 356 g/mol. The van der Waals surface area contributed by atoms with Crippen molar-refractivity contribution in [3.63, 3.8) is 0 Å². The molecule has 0 radical (unpaired) electrons. The maximum absolute atomic E-state index is 10.3. The van der Waals surface area contributed by atoms with Crippen LogP contribution in [-0.2, 0) is 12.8 Å². The Morgan fingerprint density at radius 3 is 1.21 bits per heavy atom. The lowest BCUT2D eigenvalue weighted by atomic mass is 10.0. The van der Waals surface area contributed by atoms with Gasteiger partial charge >= 0.3 is 0 Å². The van der Waals surface area contributed by atoms with Gasteiger partial charge in [-0.1, -0.05) is 24.3 Å². The second kappa shape index (κ2) is 8.73. The van der Waals surface area contributed by atoms with Gasteiger partial charge in [-0.15, -0.1) is 0 Å². The number of rotatable bonds is 6. The number of benzene rings is 1. The normalized spacial score (nSPS) is 11.4. The molecule has 3 aromatic rings. The highest BCUT2D eigenvalue weighted by molar-refractivity contribution is 5.80. The monoisotopic (exact) mass is 376 g/mol. The molecule has 0 bridgehead atoms. The maximum Gasteiger partial charge on any atom is 0.169 e. The van der Waals surface area contributed by atoms with Crippen LogP contribution in [0, 0.1) is 0 Å². The van der Waals surface area contributed by atoms with Crippen LogP contribution in [0.25, 0.3) is 12.2 Å². The molecule has 0 spiro atoms. The van der Waals surface area contributed by atoms with Gasteiger partial charge in [0.1, 0.15) is 0 Å². The maximum atomic E-state index is 10.3. The average Bonchev–Trinajstić information content (AvgIpc) is 2.73. The first-order valence-electron chi connectivity index (χ1n) is 8.68. The van der Waals surface area contributed by atoms with Gasteiger partial charge in [0.15, 0.2) is 23.0 Å². The van der Waals surface area contributed by atoms with Crippen LogP contribution in [-0.4, -0.2) is 30.4 Å². The van der Waals surface area contributed by atoms with E-state index in [0.717, 1.165) is 11.1 Å². The highest BCUT2D eigenvalue weighted by Crippen LogP contribution is 2.47. The lowest BCUT2D eigenvalue weighted by Gasteiger charge is -2.11. The van der Waals surface area contributed by atoms with Crippen molar-refractivity contribution in [3.05, 3.63) is 83.5 Å². The van der Waals surface area contributed by atoms with Gasteiger partial charge < -0.3 is 20.4 Å². The van der Waals surface area contributed by atoms with Crippen molar-refractivity contribution in [1.82, 2.24) is 9.97 Å². The van der Waals surface area contributed by atoms with Crippen molar-refractivity contribution in [1.29, 1.82) is 0 Å². The van der Waals surface area contributed by atoms with Crippen molar-refractivity contribution in [2.24, 2.45) is 0 Å². The van der Waals surface area contributed by atoms with Gasteiger partial charge in [-0.3, -0.25) is 9.97 Å². The molecule has 0 unspecified atom stereocenters. The Morgan fingerprint density at radius 2 is 0.893 bits per heavy atom. The second-order valence-electron chi connectivity index (χ2n) is 6.15. The lowest BCUT2D eigenvalue weighted by molar-refractivity contribution is 0.370. The standard InChI is InChI=1S/C22H20N2O4/c25-19-17(5-1-3-15-7-11-23-12-8-15)20(26)22(28)18(21(19)27)6-2-4-16-9-13-24-14-10-16/h1-2,5-14,25-28H,3-4H2. The molecule has 0 aliphatic carbocycles. The number of nitrogens with zero attached hydrogens (tertiary/aromatic N) is 2. The van der Waals surface area contributed by atoms with Crippen LogP contribution in [0.4, 0.5) is 0 Å². The van der Waals surface area contributed by atoms with Crippen molar-refractivity contribution in [2.45, 2.75) is 12.8 Å². The fourth-order valence-electron chi connectivity index (χ4n) is 2.71. The van der Waals surface area contributed by atoms with Gasteiger partial charge in [0.2, 0.25) is 0 Å². The molecule has 2 heterocycles. The zero-order valence-electron chi connectivity index (χ0n) is 15.0. The summed E-state index contributed by atoms with van der Waals surface area (Å²) in [5.41, 5.74) is 1.90. The predicted molar refractivity (Wildman–Crippen MR) is 107 cm³/mol. The summed E-state index contributed by atoms with van der Waals surface area (Å²) in [6, 6.07) is 7.37. The summed E-state index contributed by atoms with van der Waals surface area (Å²) in [7, 11) is 0. The van der Waals surface area contributed by atoms with Crippen molar-refractivity contribution >= 4 is 12.2 Å². The van der Waals surface area contributed by atoms with E-state index >= 15 is 0 Å². The SMILES string of the molecule is Oc1c(O)c(C=CCc2ccncc2)c(O)c(O)c1C=CCc1ccncc1. The summed E-state index contributed by atoms with van der Waals surface area (Å²) in [5, 5.41) is 41.1. The van der Waals surface area contributed by atoms with Crippen LogP contribution in [0.1, 0.15) is 22.3 Å². The van der Waals surface area contributed by atoms with Crippen molar-refractivity contribution in [2.75, 3.05) is 0 Å². The summed E-state index contributed by atoms with van der Waals surface area (Å²) in [4.78, 5) is 7.87. The first-order chi connectivity index (χ1) is 13.6. The summed E-state index contributed by atoms with van der Waals surface area (Å²) < 4.78 is 0. The van der Waals surface area contributed by atoms with E-state index in [1.165, 1.54) is 12.2 Å². The molecule has 6 nitrogen and oxygen atoms in total. The zero-order chi connectivity index (χ0) is 19.9. The zero-order valence-corrected chi connectivity index (χ0v) is 15.0. The summed E-state index contributed by atoms with van der Waals surface area (Å²) >= 11 is 0. The molecular formula is C22H20N2O4. The van der Waals surface area contributed by atoms with Crippen LogP contribution < -0.4 is 0 Å². The van der Waals surface area contributed by atoms with Gasteiger partial charge in [0.05, 0.1) is 11.1 Å². The Kier molecular flexibility index (Phi) is 5.91. The molecule has 0 saturated heterocycles. The highest BCUT2D eigenvalue weighted by atomic mass is 16.3. The number of pyridine rings is 2. The van der Waals surface area contributed by atoms with Gasteiger partial charge in [-0.05, 0) is 48.2 Å².